The maximum absolute atomic E-state index is 11.4. The fourth-order valence-electron chi connectivity index (χ4n) is 1.11. The molecule has 0 unspecified atom stereocenters. The zero-order valence-corrected chi connectivity index (χ0v) is 8.18. The highest BCUT2D eigenvalue weighted by molar-refractivity contribution is 5.84. The summed E-state index contributed by atoms with van der Waals surface area (Å²) in [6.07, 6.45) is 0.752. The average Bonchev–Trinajstić information content (AvgIpc) is 2.37. The predicted molar refractivity (Wildman–Crippen MR) is 46.5 cm³/mol. The van der Waals surface area contributed by atoms with Gasteiger partial charge in [0.1, 0.15) is 11.1 Å². The topological polar surface area (TPSA) is 52.3 Å². The number of carbonyl (C=O) groups is 1. The molecule has 2 N–H and O–H groups in total. The molecule has 1 fully saturated rings. The van der Waals surface area contributed by atoms with Crippen LogP contribution in [0, 0.1) is 5.92 Å². The van der Waals surface area contributed by atoms with Crippen molar-refractivity contribution in [1.82, 2.24) is 0 Å². The molecule has 1 aliphatic carbocycles. The first-order chi connectivity index (χ1) is 5.26. The van der Waals surface area contributed by atoms with E-state index < -0.39 is 11.1 Å². The molecule has 12 heavy (non-hydrogen) atoms. The van der Waals surface area contributed by atoms with E-state index in [0.717, 1.165) is 6.42 Å². The van der Waals surface area contributed by atoms with Crippen LogP contribution in [0.2, 0.25) is 0 Å². The lowest BCUT2D eigenvalue weighted by Gasteiger charge is -2.22. The molecule has 0 amide bonds. The maximum Gasteiger partial charge on any atom is 0.326 e. The summed E-state index contributed by atoms with van der Waals surface area (Å²) in [7, 11) is 0. The molecule has 0 aromatic heterocycles. The molecule has 1 saturated carbocycles. The van der Waals surface area contributed by atoms with Gasteiger partial charge in [-0.2, -0.15) is 0 Å². The lowest BCUT2D eigenvalue weighted by Crippen LogP contribution is -2.40. The minimum atomic E-state index is -0.687. The van der Waals surface area contributed by atoms with Crippen molar-refractivity contribution >= 4 is 5.97 Å². The van der Waals surface area contributed by atoms with E-state index in [4.69, 9.17) is 10.5 Å². The summed E-state index contributed by atoms with van der Waals surface area (Å²) >= 11 is 0. The zero-order chi connectivity index (χ0) is 9.57. The Kier molecular flexibility index (Phi) is 1.95. The van der Waals surface area contributed by atoms with Gasteiger partial charge in [-0.15, -0.1) is 0 Å². The Bertz CT molecular complexity index is 207. The molecule has 0 bridgehead atoms. The second kappa shape index (κ2) is 2.46. The highest BCUT2D eigenvalue weighted by Gasteiger charge is 2.56. The molecule has 3 nitrogen and oxygen atoms in total. The predicted octanol–water partition coefficient (Wildman–Crippen LogP) is 1.07. The van der Waals surface area contributed by atoms with Gasteiger partial charge in [0.25, 0.3) is 0 Å². The number of hydrogen-bond donors (Lipinski definition) is 1. The third-order valence-corrected chi connectivity index (χ3v) is 2.14. The van der Waals surface area contributed by atoms with E-state index in [9.17, 15) is 4.79 Å². The molecular formula is C9H17NO2. The summed E-state index contributed by atoms with van der Waals surface area (Å²) in [5, 5.41) is 0. The van der Waals surface area contributed by atoms with Crippen LogP contribution in [0.3, 0.4) is 0 Å². The summed E-state index contributed by atoms with van der Waals surface area (Å²) < 4.78 is 5.17. The number of rotatable bonds is 1. The van der Waals surface area contributed by atoms with E-state index >= 15 is 0 Å². The Labute approximate surface area is 73.3 Å². The summed E-state index contributed by atoms with van der Waals surface area (Å²) in [5.41, 5.74) is 4.65. The molecule has 1 aliphatic rings. The van der Waals surface area contributed by atoms with Crippen molar-refractivity contribution < 1.29 is 9.53 Å². The van der Waals surface area contributed by atoms with E-state index in [-0.39, 0.29) is 11.9 Å². The van der Waals surface area contributed by atoms with Gasteiger partial charge in [-0.1, -0.05) is 6.92 Å². The van der Waals surface area contributed by atoms with Crippen molar-refractivity contribution in [3.05, 3.63) is 0 Å². The van der Waals surface area contributed by atoms with E-state index in [0.29, 0.717) is 0 Å². The summed E-state index contributed by atoms with van der Waals surface area (Å²) in [4.78, 5) is 11.4. The molecule has 2 atom stereocenters. The second-order valence-electron chi connectivity index (χ2n) is 4.65. The van der Waals surface area contributed by atoms with Gasteiger partial charge in [0.2, 0.25) is 0 Å². The fraction of sp³-hybridized carbons (Fsp3) is 0.889. The quantitative estimate of drug-likeness (QED) is 0.600. The molecule has 3 heteroatoms. The first-order valence-corrected chi connectivity index (χ1v) is 4.28. The standard InChI is InChI=1S/C9H17NO2/c1-6-5-9(6,10)7(11)12-8(2,3)4/h6H,5,10H2,1-4H3/t6-,9+/m0/s1. The highest BCUT2D eigenvalue weighted by atomic mass is 16.6. The normalized spacial score (nSPS) is 34.6. The van der Waals surface area contributed by atoms with Crippen molar-refractivity contribution in [3.8, 4) is 0 Å². The Hall–Kier alpha value is -0.570. The van der Waals surface area contributed by atoms with Crippen LogP contribution in [0.5, 0.6) is 0 Å². The lowest BCUT2D eigenvalue weighted by molar-refractivity contribution is -0.158. The number of ether oxygens (including phenoxy) is 1. The highest BCUT2D eigenvalue weighted by Crippen LogP contribution is 2.41. The minimum Gasteiger partial charge on any atom is -0.459 e. The smallest absolute Gasteiger partial charge is 0.326 e. The van der Waals surface area contributed by atoms with Gasteiger partial charge in [0.15, 0.2) is 0 Å². The van der Waals surface area contributed by atoms with Gasteiger partial charge >= 0.3 is 5.97 Å². The van der Waals surface area contributed by atoms with E-state index in [2.05, 4.69) is 0 Å². The van der Waals surface area contributed by atoms with Gasteiger partial charge in [0.05, 0.1) is 0 Å². The number of esters is 1. The van der Waals surface area contributed by atoms with Crippen LogP contribution in [0.4, 0.5) is 0 Å². The number of nitrogens with two attached hydrogens (primary N) is 1. The van der Waals surface area contributed by atoms with Crippen LogP contribution in [-0.2, 0) is 9.53 Å². The van der Waals surface area contributed by atoms with Crippen LogP contribution in [0.15, 0.2) is 0 Å². The Morgan fingerprint density at radius 2 is 2.00 bits per heavy atom. The van der Waals surface area contributed by atoms with E-state index in [1.165, 1.54) is 0 Å². The largest absolute Gasteiger partial charge is 0.459 e. The van der Waals surface area contributed by atoms with Crippen molar-refractivity contribution in [2.75, 3.05) is 0 Å². The molecule has 1 rings (SSSR count). The maximum atomic E-state index is 11.4. The third kappa shape index (κ3) is 1.78. The van der Waals surface area contributed by atoms with Gasteiger partial charge in [-0.25, -0.2) is 0 Å². The number of carbonyl (C=O) groups excluding carboxylic acids is 1. The monoisotopic (exact) mass is 171 g/mol. The van der Waals surface area contributed by atoms with Crippen LogP contribution in [0.25, 0.3) is 0 Å². The second-order valence-corrected chi connectivity index (χ2v) is 4.65. The van der Waals surface area contributed by atoms with Crippen molar-refractivity contribution in [1.29, 1.82) is 0 Å². The van der Waals surface area contributed by atoms with Crippen molar-refractivity contribution in [3.63, 3.8) is 0 Å². The average molecular weight is 171 g/mol. The molecule has 0 aliphatic heterocycles. The molecule has 0 saturated heterocycles. The minimum absolute atomic E-state index is 0.262. The summed E-state index contributed by atoms with van der Waals surface area (Å²) in [6, 6.07) is 0. The fourth-order valence-corrected chi connectivity index (χ4v) is 1.11. The molecule has 0 aromatic carbocycles. The summed E-state index contributed by atoms with van der Waals surface area (Å²) in [5.74, 6) is 0.00912. The van der Waals surface area contributed by atoms with Crippen LogP contribution in [-0.4, -0.2) is 17.1 Å². The van der Waals surface area contributed by atoms with Crippen LogP contribution < -0.4 is 5.73 Å². The molecule has 70 valence electrons. The van der Waals surface area contributed by atoms with Crippen molar-refractivity contribution in [2.24, 2.45) is 11.7 Å². The zero-order valence-electron chi connectivity index (χ0n) is 8.18. The van der Waals surface area contributed by atoms with Gasteiger partial charge in [-0.05, 0) is 33.1 Å². The van der Waals surface area contributed by atoms with E-state index in [1.54, 1.807) is 0 Å². The third-order valence-electron chi connectivity index (χ3n) is 2.14. The molecular weight excluding hydrogens is 154 g/mol. The Morgan fingerprint density at radius 3 is 2.25 bits per heavy atom. The van der Waals surface area contributed by atoms with Crippen LogP contribution >= 0.6 is 0 Å². The molecule has 0 heterocycles. The SMILES string of the molecule is C[C@H]1C[C@]1(N)C(=O)OC(C)(C)C. The Morgan fingerprint density at radius 1 is 1.58 bits per heavy atom. The van der Waals surface area contributed by atoms with Gasteiger partial charge in [-0.3, -0.25) is 4.79 Å². The first kappa shape index (κ1) is 9.52. The van der Waals surface area contributed by atoms with Crippen LogP contribution in [0.1, 0.15) is 34.1 Å². The molecule has 0 spiro atoms. The van der Waals surface area contributed by atoms with Gasteiger partial charge in [0, 0.05) is 0 Å². The molecule has 0 radical (unpaired) electrons. The number of hydrogen-bond acceptors (Lipinski definition) is 3. The lowest BCUT2D eigenvalue weighted by atomic mass is 10.1. The Balaban J connectivity index is 2.51. The molecule has 0 aromatic rings. The van der Waals surface area contributed by atoms with E-state index in [1.807, 2.05) is 27.7 Å². The summed E-state index contributed by atoms with van der Waals surface area (Å²) in [6.45, 7) is 7.51. The van der Waals surface area contributed by atoms with Crippen molar-refractivity contribution in [2.45, 2.75) is 45.3 Å². The first-order valence-electron chi connectivity index (χ1n) is 4.28. The van der Waals surface area contributed by atoms with Gasteiger partial charge < -0.3 is 10.5 Å².